The van der Waals surface area contributed by atoms with Crippen molar-refractivity contribution in [1.29, 1.82) is 0 Å². The Morgan fingerprint density at radius 1 is 1.44 bits per heavy atom. The molecule has 0 aromatic carbocycles. The summed E-state index contributed by atoms with van der Waals surface area (Å²) in [6.07, 6.45) is 4.11. The molecule has 4 heteroatoms. The summed E-state index contributed by atoms with van der Waals surface area (Å²) in [4.78, 5) is 11.6. The van der Waals surface area contributed by atoms with Crippen LogP contribution in [0.25, 0.3) is 0 Å². The number of alkyl carbamates (subject to hydrolysis) is 1. The van der Waals surface area contributed by atoms with Gasteiger partial charge in [-0.3, -0.25) is 0 Å². The van der Waals surface area contributed by atoms with Gasteiger partial charge in [-0.1, -0.05) is 6.42 Å². The van der Waals surface area contributed by atoms with Crippen LogP contribution in [0.1, 0.15) is 46.5 Å². The third-order valence-corrected chi connectivity index (χ3v) is 3.90. The summed E-state index contributed by atoms with van der Waals surface area (Å²) in [6, 6.07) is 0.493. The van der Waals surface area contributed by atoms with Crippen LogP contribution >= 0.6 is 0 Å². The molecule has 1 spiro atoms. The molecule has 0 aromatic rings. The summed E-state index contributed by atoms with van der Waals surface area (Å²) < 4.78 is 5.25. The van der Waals surface area contributed by atoms with Gasteiger partial charge in [0, 0.05) is 17.5 Å². The fourth-order valence-corrected chi connectivity index (χ4v) is 2.78. The van der Waals surface area contributed by atoms with E-state index in [-0.39, 0.29) is 23.6 Å². The Hall–Kier alpha value is -0.770. The predicted octanol–water partition coefficient (Wildman–Crippen LogP) is 1.78. The zero-order valence-electron chi connectivity index (χ0n) is 10.4. The molecule has 92 valence electrons. The number of carbonyl (C=O) groups is 1. The van der Waals surface area contributed by atoms with E-state index in [0.29, 0.717) is 0 Å². The molecule has 16 heavy (non-hydrogen) atoms. The van der Waals surface area contributed by atoms with Crippen molar-refractivity contribution >= 4 is 6.09 Å². The summed E-state index contributed by atoms with van der Waals surface area (Å²) in [5.74, 6) is 0. The lowest BCUT2D eigenvalue weighted by Crippen LogP contribution is -2.70. The molecular formula is C12H22N2O2. The van der Waals surface area contributed by atoms with Gasteiger partial charge in [0.05, 0.1) is 0 Å². The van der Waals surface area contributed by atoms with Crippen molar-refractivity contribution in [3.8, 4) is 0 Å². The van der Waals surface area contributed by atoms with Crippen molar-refractivity contribution < 1.29 is 9.53 Å². The van der Waals surface area contributed by atoms with Crippen LogP contribution in [0.5, 0.6) is 0 Å². The molecule has 0 heterocycles. The molecule has 2 aliphatic rings. The average molecular weight is 226 g/mol. The van der Waals surface area contributed by atoms with Crippen molar-refractivity contribution in [3.05, 3.63) is 0 Å². The molecule has 0 saturated heterocycles. The van der Waals surface area contributed by atoms with Crippen molar-refractivity contribution in [3.63, 3.8) is 0 Å². The summed E-state index contributed by atoms with van der Waals surface area (Å²) in [5, 5.41) is 2.95. The van der Waals surface area contributed by atoms with Gasteiger partial charge in [0.15, 0.2) is 0 Å². The SMILES string of the molecule is CC(C)(C)OC(=O)N[C@H]1C[C@H](N)C12CCC2. The molecule has 2 atom stereocenters. The highest BCUT2D eigenvalue weighted by molar-refractivity contribution is 5.68. The highest BCUT2D eigenvalue weighted by Gasteiger charge is 2.57. The Morgan fingerprint density at radius 2 is 2.06 bits per heavy atom. The monoisotopic (exact) mass is 226 g/mol. The zero-order valence-corrected chi connectivity index (χ0v) is 10.4. The fourth-order valence-electron chi connectivity index (χ4n) is 2.78. The Balaban J connectivity index is 1.85. The molecule has 1 amide bonds. The van der Waals surface area contributed by atoms with Gasteiger partial charge in [-0.15, -0.1) is 0 Å². The van der Waals surface area contributed by atoms with Gasteiger partial charge in [0.25, 0.3) is 0 Å². The number of nitrogens with two attached hydrogens (primary N) is 1. The van der Waals surface area contributed by atoms with Crippen LogP contribution in [-0.4, -0.2) is 23.8 Å². The first-order chi connectivity index (χ1) is 7.33. The van der Waals surface area contributed by atoms with E-state index in [1.54, 1.807) is 0 Å². The normalized spacial score (nSPS) is 31.5. The number of amides is 1. The van der Waals surface area contributed by atoms with Crippen LogP contribution in [0, 0.1) is 5.41 Å². The second-order valence-electron chi connectivity index (χ2n) is 6.13. The Labute approximate surface area is 96.9 Å². The zero-order chi connectivity index (χ0) is 12.0. The number of rotatable bonds is 1. The second kappa shape index (κ2) is 3.62. The summed E-state index contributed by atoms with van der Waals surface area (Å²) in [6.45, 7) is 5.62. The predicted molar refractivity (Wildman–Crippen MR) is 62.0 cm³/mol. The minimum atomic E-state index is -0.428. The largest absolute Gasteiger partial charge is 0.444 e. The molecule has 4 nitrogen and oxygen atoms in total. The van der Waals surface area contributed by atoms with Crippen molar-refractivity contribution in [1.82, 2.24) is 5.32 Å². The van der Waals surface area contributed by atoms with Crippen LogP contribution in [0.2, 0.25) is 0 Å². The van der Waals surface area contributed by atoms with E-state index in [9.17, 15) is 4.79 Å². The summed E-state index contributed by atoms with van der Waals surface area (Å²) in [7, 11) is 0. The number of nitrogens with one attached hydrogen (secondary N) is 1. The summed E-state index contributed by atoms with van der Waals surface area (Å²) in [5.41, 5.74) is 5.78. The molecule has 0 bridgehead atoms. The van der Waals surface area contributed by atoms with Crippen LogP contribution < -0.4 is 11.1 Å². The van der Waals surface area contributed by atoms with Crippen molar-refractivity contribution in [2.45, 2.75) is 64.1 Å². The smallest absolute Gasteiger partial charge is 0.407 e. The number of hydrogen-bond acceptors (Lipinski definition) is 3. The molecular weight excluding hydrogens is 204 g/mol. The van der Waals surface area contributed by atoms with Gasteiger partial charge in [-0.25, -0.2) is 4.79 Å². The molecule has 2 aliphatic carbocycles. The van der Waals surface area contributed by atoms with Crippen LogP contribution in [0.4, 0.5) is 4.79 Å². The Morgan fingerprint density at radius 3 is 2.44 bits per heavy atom. The molecule has 0 aromatic heterocycles. The maximum absolute atomic E-state index is 11.6. The highest BCUT2D eigenvalue weighted by atomic mass is 16.6. The van der Waals surface area contributed by atoms with Gasteiger partial charge < -0.3 is 15.8 Å². The molecule has 0 radical (unpaired) electrons. The van der Waals surface area contributed by atoms with E-state index in [1.807, 2.05) is 20.8 Å². The highest BCUT2D eigenvalue weighted by Crippen LogP contribution is 2.55. The number of ether oxygens (including phenoxy) is 1. The average Bonchev–Trinajstić information content (AvgIpc) is 1.95. The fraction of sp³-hybridized carbons (Fsp3) is 0.917. The molecule has 2 saturated carbocycles. The van der Waals surface area contributed by atoms with E-state index in [2.05, 4.69) is 5.32 Å². The molecule has 0 aliphatic heterocycles. The number of hydrogen-bond donors (Lipinski definition) is 2. The van der Waals surface area contributed by atoms with E-state index >= 15 is 0 Å². The maximum atomic E-state index is 11.6. The minimum absolute atomic E-state index is 0.191. The van der Waals surface area contributed by atoms with Crippen molar-refractivity contribution in [2.75, 3.05) is 0 Å². The van der Waals surface area contributed by atoms with E-state index in [1.165, 1.54) is 6.42 Å². The standard InChI is InChI=1S/C12H22N2O2/c1-11(2,3)16-10(15)14-9-7-8(13)12(9)5-4-6-12/h8-9H,4-7,13H2,1-3H3,(H,14,15)/t8-,9-/m0/s1. The molecule has 0 unspecified atom stereocenters. The Bertz CT molecular complexity index is 292. The lowest BCUT2D eigenvalue weighted by atomic mass is 9.50. The van der Waals surface area contributed by atoms with Gasteiger partial charge in [0.1, 0.15) is 5.60 Å². The molecule has 2 rings (SSSR count). The van der Waals surface area contributed by atoms with Gasteiger partial charge in [-0.05, 0) is 40.0 Å². The van der Waals surface area contributed by atoms with E-state index in [4.69, 9.17) is 10.5 Å². The van der Waals surface area contributed by atoms with E-state index in [0.717, 1.165) is 19.3 Å². The first-order valence-electron chi connectivity index (χ1n) is 6.09. The van der Waals surface area contributed by atoms with E-state index < -0.39 is 5.60 Å². The molecule has 3 N–H and O–H groups in total. The minimum Gasteiger partial charge on any atom is -0.444 e. The van der Waals surface area contributed by atoms with Crippen LogP contribution in [-0.2, 0) is 4.74 Å². The maximum Gasteiger partial charge on any atom is 0.407 e. The summed E-state index contributed by atoms with van der Waals surface area (Å²) >= 11 is 0. The quantitative estimate of drug-likeness (QED) is 0.716. The number of carbonyl (C=O) groups excluding carboxylic acids is 1. The lowest BCUT2D eigenvalue weighted by Gasteiger charge is -2.60. The van der Waals surface area contributed by atoms with Gasteiger partial charge in [0.2, 0.25) is 0 Å². The lowest BCUT2D eigenvalue weighted by molar-refractivity contribution is -0.0462. The van der Waals surface area contributed by atoms with Crippen LogP contribution in [0.15, 0.2) is 0 Å². The van der Waals surface area contributed by atoms with Gasteiger partial charge >= 0.3 is 6.09 Å². The third kappa shape index (κ3) is 1.90. The first-order valence-corrected chi connectivity index (χ1v) is 6.09. The van der Waals surface area contributed by atoms with Crippen LogP contribution in [0.3, 0.4) is 0 Å². The van der Waals surface area contributed by atoms with Gasteiger partial charge in [-0.2, -0.15) is 0 Å². The second-order valence-corrected chi connectivity index (χ2v) is 6.13. The Kier molecular flexibility index (Phi) is 2.65. The van der Waals surface area contributed by atoms with Crippen molar-refractivity contribution in [2.24, 2.45) is 11.1 Å². The first kappa shape index (κ1) is 11.7. The third-order valence-electron chi connectivity index (χ3n) is 3.90. The topological polar surface area (TPSA) is 64.3 Å². The molecule has 2 fully saturated rings.